The molecule has 2 unspecified atom stereocenters. The van der Waals surface area contributed by atoms with E-state index in [9.17, 15) is 14.4 Å². The molecule has 152 valence electrons. The highest BCUT2D eigenvalue weighted by Crippen LogP contribution is 2.30. The van der Waals surface area contributed by atoms with Crippen LogP contribution in [0, 0.1) is 0 Å². The number of ether oxygens (including phenoxy) is 1. The first kappa shape index (κ1) is 19.8. The molecule has 0 spiro atoms. The zero-order chi connectivity index (χ0) is 19.2. The van der Waals surface area contributed by atoms with Crippen LogP contribution in [0.5, 0.6) is 0 Å². The summed E-state index contributed by atoms with van der Waals surface area (Å²) < 4.78 is 4.80. The van der Waals surface area contributed by atoms with Crippen molar-refractivity contribution in [2.45, 2.75) is 57.2 Å². The second-order valence-electron chi connectivity index (χ2n) is 7.01. The van der Waals surface area contributed by atoms with E-state index in [1.54, 1.807) is 6.92 Å². The van der Waals surface area contributed by atoms with Gasteiger partial charge in [-0.3, -0.25) is 14.5 Å². The Bertz CT molecular complexity index is 554. The van der Waals surface area contributed by atoms with E-state index in [1.165, 1.54) is 9.96 Å². The lowest BCUT2D eigenvalue weighted by Crippen LogP contribution is -2.50. The molecule has 3 fully saturated rings. The van der Waals surface area contributed by atoms with Crippen molar-refractivity contribution in [3.8, 4) is 0 Å². The van der Waals surface area contributed by atoms with Crippen LogP contribution in [-0.2, 0) is 24.0 Å². The van der Waals surface area contributed by atoms with E-state index in [1.807, 2.05) is 0 Å². The fraction of sp³-hybridized carbons (Fsp3) is 0.824. The van der Waals surface area contributed by atoms with Crippen molar-refractivity contribution >= 4 is 17.9 Å². The number of fused-ring (bicyclic) bond motifs is 2. The van der Waals surface area contributed by atoms with Gasteiger partial charge in [-0.05, 0) is 39.2 Å². The highest BCUT2D eigenvalue weighted by molar-refractivity contribution is 5.88. The zero-order valence-electron chi connectivity index (χ0n) is 15.6. The van der Waals surface area contributed by atoms with Crippen LogP contribution in [0.15, 0.2) is 0 Å². The third kappa shape index (κ3) is 4.88. The Hall–Kier alpha value is -1.91. The quantitative estimate of drug-likeness (QED) is 0.446. The number of carbonyl (C=O) groups is 3. The van der Waals surface area contributed by atoms with Gasteiger partial charge in [0.1, 0.15) is 6.04 Å². The van der Waals surface area contributed by atoms with Crippen molar-refractivity contribution in [3.05, 3.63) is 0 Å². The highest BCUT2D eigenvalue weighted by Gasteiger charge is 2.48. The number of hydrogen-bond donors (Lipinski definition) is 2. The monoisotopic (exact) mass is 384 g/mol. The summed E-state index contributed by atoms with van der Waals surface area (Å²) in [7, 11) is 0. The third-order valence-corrected chi connectivity index (χ3v) is 5.12. The highest BCUT2D eigenvalue weighted by atomic mass is 16.7. The summed E-state index contributed by atoms with van der Waals surface area (Å²) in [4.78, 5) is 48.6. The predicted octanol–water partition coefficient (Wildman–Crippen LogP) is -0.0604. The van der Waals surface area contributed by atoms with Crippen LogP contribution in [0.2, 0.25) is 0 Å². The van der Waals surface area contributed by atoms with Crippen LogP contribution in [0.3, 0.4) is 0 Å². The van der Waals surface area contributed by atoms with E-state index in [0.717, 1.165) is 25.8 Å². The van der Waals surface area contributed by atoms with Gasteiger partial charge in [0, 0.05) is 12.6 Å². The fourth-order valence-corrected chi connectivity index (χ4v) is 3.74. The minimum absolute atomic E-state index is 0.164. The number of rotatable bonds is 8. The molecule has 3 amide bonds. The molecule has 3 atom stereocenters. The Morgan fingerprint density at radius 2 is 2.11 bits per heavy atom. The van der Waals surface area contributed by atoms with Gasteiger partial charge in [-0.1, -0.05) is 6.42 Å². The zero-order valence-corrected chi connectivity index (χ0v) is 15.6. The first-order chi connectivity index (χ1) is 13.1. The molecule has 0 aromatic carbocycles. The molecule has 3 aliphatic heterocycles. The molecule has 2 N–H and O–H groups in total. The van der Waals surface area contributed by atoms with E-state index in [-0.39, 0.29) is 31.2 Å². The lowest BCUT2D eigenvalue weighted by Gasteiger charge is -2.29. The van der Waals surface area contributed by atoms with E-state index in [0.29, 0.717) is 26.0 Å². The maximum atomic E-state index is 12.5. The molecule has 0 saturated carbocycles. The summed E-state index contributed by atoms with van der Waals surface area (Å²) in [5.41, 5.74) is 2.48. The number of nitrogens with one attached hydrogen (secondary N) is 2. The summed E-state index contributed by atoms with van der Waals surface area (Å²) in [6.07, 6.45) is 4.49. The van der Waals surface area contributed by atoms with E-state index in [2.05, 4.69) is 10.8 Å². The van der Waals surface area contributed by atoms with Gasteiger partial charge < -0.3 is 15.0 Å². The summed E-state index contributed by atoms with van der Waals surface area (Å²) >= 11 is 0. The fourth-order valence-electron chi connectivity index (χ4n) is 3.74. The molecule has 3 aliphatic rings. The summed E-state index contributed by atoms with van der Waals surface area (Å²) in [5.74, 6) is -0.856. The molecule has 0 radical (unpaired) electrons. The van der Waals surface area contributed by atoms with Crippen LogP contribution in [0.1, 0.15) is 39.0 Å². The van der Waals surface area contributed by atoms with Crippen LogP contribution in [0.4, 0.5) is 4.79 Å². The van der Waals surface area contributed by atoms with Crippen LogP contribution in [0.25, 0.3) is 0 Å². The van der Waals surface area contributed by atoms with Crippen molar-refractivity contribution in [2.75, 3.05) is 32.9 Å². The molecular weight excluding hydrogens is 356 g/mol. The summed E-state index contributed by atoms with van der Waals surface area (Å²) in [6, 6.07) is -0.918. The molecule has 27 heavy (non-hydrogen) atoms. The van der Waals surface area contributed by atoms with Gasteiger partial charge >= 0.3 is 12.0 Å². The van der Waals surface area contributed by atoms with Gasteiger partial charge in [0.05, 0.1) is 19.3 Å². The number of amides is 3. The predicted molar refractivity (Wildman–Crippen MR) is 93.1 cm³/mol. The minimum Gasteiger partial charge on any atom is -0.464 e. The molecule has 2 bridgehead atoms. The smallest absolute Gasteiger partial charge is 0.345 e. The number of piperidine rings is 2. The summed E-state index contributed by atoms with van der Waals surface area (Å²) in [5, 5.41) is 4.53. The van der Waals surface area contributed by atoms with Crippen LogP contribution < -0.4 is 10.8 Å². The number of hydrogen-bond acceptors (Lipinski definition) is 7. The molecule has 3 heterocycles. The minimum atomic E-state index is -0.593. The molecule has 0 aromatic heterocycles. The van der Waals surface area contributed by atoms with Gasteiger partial charge in [0.2, 0.25) is 0 Å². The topological polar surface area (TPSA) is 109 Å². The van der Waals surface area contributed by atoms with E-state index in [4.69, 9.17) is 14.4 Å². The second-order valence-corrected chi connectivity index (χ2v) is 7.01. The van der Waals surface area contributed by atoms with Crippen molar-refractivity contribution < 1.29 is 28.8 Å². The van der Waals surface area contributed by atoms with Crippen LogP contribution >= 0.6 is 0 Å². The average molecular weight is 384 g/mol. The Kier molecular flexibility index (Phi) is 6.86. The van der Waals surface area contributed by atoms with Crippen LogP contribution in [-0.4, -0.2) is 78.9 Å². The van der Waals surface area contributed by atoms with Gasteiger partial charge in [-0.2, -0.15) is 5.06 Å². The number of hydroxylamine groups is 3. The largest absolute Gasteiger partial charge is 0.464 e. The third-order valence-electron chi connectivity index (χ3n) is 5.12. The Balaban J connectivity index is 1.45. The average Bonchev–Trinajstić information content (AvgIpc) is 2.91. The number of urea groups is 1. The lowest BCUT2D eigenvalue weighted by atomic mass is 10.0. The maximum absolute atomic E-state index is 12.5. The molecular formula is C17H28N4O6. The molecule has 10 nitrogen and oxygen atoms in total. The molecule has 0 aliphatic carbocycles. The van der Waals surface area contributed by atoms with E-state index >= 15 is 0 Å². The van der Waals surface area contributed by atoms with Crippen molar-refractivity contribution in [2.24, 2.45) is 0 Å². The maximum Gasteiger partial charge on any atom is 0.345 e. The van der Waals surface area contributed by atoms with Crippen molar-refractivity contribution in [1.29, 1.82) is 0 Å². The number of esters is 1. The van der Waals surface area contributed by atoms with Crippen molar-refractivity contribution in [1.82, 2.24) is 20.8 Å². The standard InChI is InChI=1S/C17H28N4O6/c1-2-25-15(22)11-27-21-13-6-7-14(20(9-13)17(21)24)16(23)19-26-10-12-5-3-4-8-18-12/h12-14,18H,2-11H2,1H3,(H,19,23)/t12-,13?,14?/m0/s1. The lowest BCUT2D eigenvalue weighted by molar-refractivity contribution is -0.172. The summed E-state index contributed by atoms with van der Waals surface area (Å²) in [6.45, 7) is 3.40. The van der Waals surface area contributed by atoms with Gasteiger partial charge in [0.25, 0.3) is 5.91 Å². The normalized spacial score (nSPS) is 27.6. The van der Waals surface area contributed by atoms with Crippen molar-refractivity contribution in [3.63, 3.8) is 0 Å². The Morgan fingerprint density at radius 3 is 2.85 bits per heavy atom. The van der Waals surface area contributed by atoms with Gasteiger partial charge in [-0.15, -0.1) is 0 Å². The van der Waals surface area contributed by atoms with E-state index < -0.39 is 18.0 Å². The number of carbonyl (C=O) groups excluding carboxylic acids is 3. The second kappa shape index (κ2) is 9.34. The molecule has 0 aromatic rings. The molecule has 3 rings (SSSR count). The SMILES string of the molecule is CCOC(=O)CON1C(=O)N2CC1CCC2C(=O)NOC[C@@H]1CCCCN1. The first-order valence-corrected chi connectivity index (χ1v) is 9.63. The molecule has 10 heteroatoms. The Labute approximate surface area is 158 Å². The Morgan fingerprint density at radius 1 is 1.26 bits per heavy atom. The first-order valence-electron chi connectivity index (χ1n) is 9.63. The molecule has 3 saturated heterocycles. The van der Waals surface area contributed by atoms with Gasteiger partial charge in [-0.25, -0.2) is 15.1 Å². The van der Waals surface area contributed by atoms with Gasteiger partial charge in [0.15, 0.2) is 6.61 Å². The number of nitrogens with zero attached hydrogens (tertiary/aromatic N) is 2.